The van der Waals surface area contributed by atoms with E-state index in [0.717, 1.165) is 5.75 Å². The van der Waals surface area contributed by atoms with Crippen LogP contribution >= 0.6 is 0 Å². The fraction of sp³-hybridized carbons (Fsp3) is 0.308. The molecule has 16 heavy (non-hydrogen) atoms. The van der Waals surface area contributed by atoms with Crippen molar-refractivity contribution in [3.8, 4) is 5.75 Å². The summed E-state index contributed by atoms with van der Waals surface area (Å²) in [6.07, 6.45) is 1.25. The second-order valence-corrected chi connectivity index (χ2v) is 4.18. The van der Waals surface area contributed by atoms with Gasteiger partial charge in [0.2, 0.25) is 5.91 Å². The highest BCUT2D eigenvalue weighted by molar-refractivity contribution is 5.87. The SMILES string of the molecule is C=CC(=O)NC(C)(C)COc1ccccc1. The van der Waals surface area contributed by atoms with Gasteiger partial charge in [-0.05, 0) is 32.1 Å². The van der Waals surface area contributed by atoms with E-state index in [1.807, 2.05) is 44.2 Å². The molecular weight excluding hydrogens is 202 g/mol. The van der Waals surface area contributed by atoms with E-state index >= 15 is 0 Å². The number of hydrogen-bond donors (Lipinski definition) is 1. The van der Waals surface area contributed by atoms with Gasteiger partial charge in [0, 0.05) is 0 Å². The summed E-state index contributed by atoms with van der Waals surface area (Å²) < 4.78 is 5.57. The quantitative estimate of drug-likeness (QED) is 0.770. The lowest BCUT2D eigenvalue weighted by molar-refractivity contribution is -0.118. The van der Waals surface area contributed by atoms with Crippen molar-refractivity contribution >= 4 is 5.91 Å². The van der Waals surface area contributed by atoms with Crippen LogP contribution in [-0.2, 0) is 4.79 Å². The minimum Gasteiger partial charge on any atom is -0.491 e. The van der Waals surface area contributed by atoms with Gasteiger partial charge in [-0.1, -0.05) is 24.8 Å². The Labute approximate surface area is 96.1 Å². The molecule has 1 amide bonds. The van der Waals surface area contributed by atoms with Crippen molar-refractivity contribution in [2.24, 2.45) is 0 Å². The third-order valence-corrected chi connectivity index (χ3v) is 1.99. The molecule has 0 unspecified atom stereocenters. The summed E-state index contributed by atoms with van der Waals surface area (Å²) in [6.45, 7) is 7.62. The first-order chi connectivity index (χ1) is 7.53. The highest BCUT2D eigenvalue weighted by atomic mass is 16.5. The van der Waals surface area contributed by atoms with Crippen LogP contribution in [0.25, 0.3) is 0 Å². The van der Waals surface area contributed by atoms with Crippen LogP contribution < -0.4 is 10.1 Å². The maximum Gasteiger partial charge on any atom is 0.243 e. The number of hydrogen-bond acceptors (Lipinski definition) is 2. The Bertz CT molecular complexity index is 357. The Morgan fingerprint density at radius 1 is 1.44 bits per heavy atom. The zero-order valence-corrected chi connectivity index (χ0v) is 9.69. The van der Waals surface area contributed by atoms with Gasteiger partial charge in [0.25, 0.3) is 0 Å². The maximum absolute atomic E-state index is 11.2. The highest BCUT2D eigenvalue weighted by Crippen LogP contribution is 2.11. The summed E-state index contributed by atoms with van der Waals surface area (Å²) >= 11 is 0. The van der Waals surface area contributed by atoms with Gasteiger partial charge < -0.3 is 10.1 Å². The number of amides is 1. The van der Waals surface area contributed by atoms with Crippen LogP contribution in [0.4, 0.5) is 0 Å². The molecule has 0 aliphatic heterocycles. The van der Waals surface area contributed by atoms with Crippen LogP contribution in [0.1, 0.15) is 13.8 Å². The van der Waals surface area contributed by atoms with Crippen molar-refractivity contribution in [2.75, 3.05) is 6.61 Å². The molecule has 3 nitrogen and oxygen atoms in total. The van der Waals surface area contributed by atoms with E-state index in [1.54, 1.807) is 0 Å². The lowest BCUT2D eigenvalue weighted by Gasteiger charge is -2.25. The second kappa shape index (κ2) is 5.35. The molecule has 1 aromatic rings. The molecule has 3 heteroatoms. The zero-order chi connectivity index (χ0) is 12.0. The van der Waals surface area contributed by atoms with Crippen molar-refractivity contribution in [2.45, 2.75) is 19.4 Å². The fourth-order valence-electron chi connectivity index (χ4n) is 1.20. The van der Waals surface area contributed by atoms with Gasteiger partial charge in [-0.3, -0.25) is 4.79 Å². The van der Waals surface area contributed by atoms with Crippen molar-refractivity contribution in [1.29, 1.82) is 0 Å². The van der Waals surface area contributed by atoms with Gasteiger partial charge in [0.15, 0.2) is 0 Å². The smallest absolute Gasteiger partial charge is 0.243 e. The van der Waals surface area contributed by atoms with Crippen LogP contribution in [0, 0.1) is 0 Å². The minimum atomic E-state index is -0.416. The van der Waals surface area contributed by atoms with Crippen molar-refractivity contribution < 1.29 is 9.53 Å². The van der Waals surface area contributed by atoms with E-state index in [-0.39, 0.29) is 5.91 Å². The molecule has 86 valence electrons. The summed E-state index contributed by atoms with van der Waals surface area (Å²) in [6, 6.07) is 9.50. The number of carbonyl (C=O) groups excluding carboxylic acids is 1. The molecule has 0 aromatic heterocycles. The Hall–Kier alpha value is -1.77. The molecule has 1 rings (SSSR count). The van der Waals surface area contributed by atoms with Gasteiger partial charge in [-0.15, -0.1) is 0 Å². The van der Waals surface area contributed by atoms with Crippen LogP contribution in [0.15, 0.2) is 43.0 Å². The van der Waals surface area contributed by atoms with Crippen LogP contribution in [-0.4, -0.2) is 18.1 Å². The topological polar surface area (TPSA) is 38.3 Å². The average Bonchev–Trinajstić information content (AvgIpc) is 2.27. The molecule has 0 heterocycles. The summed E-state index contributed by atoms with van der Waals surface area (Å²) in [7, 11) is 0. The zero-order valence-electron chi connectivity index (χ0n) is 9.69. The van der Waals surface area contributed by atoms with Crippen molar-refractivity contribution in [1.82, 2.24) is 5.32 Å². The minimum absolute atomic E-state index is 0.193. The number of rotatable bonds is 5. The van der Waals surface area contributed by atoms with Gasteiger partial charge in [0.05, 0.1) is 5.54 Å². The number of nitrogens with one attached hydrogen (secondary N) is 1. The molecule has 0 fully saturated rings. The van der Waals surface area contributed by atoms with Crippen LogP contribution in [0.2, 0.25) is 0 Å². The van der Waals surface area contributed by atoms with Gasteiger partial charge in [0.1, 0.15) is 12.4 Å². The van der Waals surface area contributed by atoms with Crippen molar-refractivity contribution in [3.05, 3.63) is 43.0 Å². The predicted molar refractivity (Wildman–Crippen MR) is 64.4 cm³/mol. The molecule has 1 aromatic carbocycles. The first-order valence-corrected chi connectivity index (χ1v) is 5.16. The third kappa shape index (κ3) is 4.17. The Kier molecular flexibility index (Phi) is 4.11. The van der Waals surface area contributed by atoms with E-state index in [4.69, 9.17) is 4.74 Å². The van der Waals surface area contributed by atoms with Gasteiger partial charge in [-0.25, -0.2) is 0 Å². The molecule has 0 saturated carbocycles. The molecule has 0 atom stereocenters. The Balaban J connectivity index is 2.47. The molecule has 0 aliphatic rings. The molecule has 0 aliphatic carbocycles. The normalized spacial score (nSPS) is 10.6. The lowest BCUT2D eigenvalue weighted by atomic mass is 10.1. The fourth-order valence-corrected chi connectivity index (χ4v) is 1.20. The lowest BCUT2D eigenvalue weighted by Crippen LogP contribution is -2.47. The van der Waals surface area contributed by atoms with Crippen molar-refractivity contribution in [3.63, 3.8) is 0 Å². The molecule has 0 bridgehead atoms. The van der Waals surface area contributed by atoms with E-state index < -0.39 is 5.54 Å². The number of ether oxygens (including phenoxy) is 1. The van der Waals surface area contributed by atoms with E-state index in [9.17, 15) is 4.79 Å². The summed E-state index contributed by atoms with van der Waals surface area (Å²) in [4.78, 5) is 11.2. The summed E-state index contributed by atoms with van der Waals surface area (Å²) in [5.41, 5.74) is -0.416. The summed E-state index contributed by atoms with van der Waals surface area (Å²) in [5, 5.41) is 2.79. The molecular formula is C13H17NO2. The van der Waals surface area contributed by atoms with E-state index in [2.05, 4.69) is 11.9 Å². The molecule has 0 spiro atoms. The maximum atomic E-state index is 11.2. The first-order valence-electron chi connectivity index (χ1n) is 5.16. The highest BCUT2D eigenvalue weighted by Gasteiger charge is 2.19. The Morgan fingerprint density at radius 2 is 2.06 bits per heavy atom. The first kappa shape index (κ1) is 12.3. The monoisotopic (exact) mass is 219 g/mol. The number of para-hydroxylation sites is 1. The molecule has 0 saturated heterocycles. The molecule has 1 N–H and O–H groups in total. The molecule has 0 radical (unpaired) electrons. The second-order valence-electron chi connectivity index (χ2n) is 4.18. The van der Waals surface area contributed by atoms with Crippen LogP contribution in [0.3, 0.4) is 0 Å². The van der Waals surface area contributed by atoms with E-state index in [1.165, 1.54) is 6.08 Å². The average molecular weight is 219 g/mol. The number of benzene rings is 1. The standard InChI is InChI=1S/C13H17NO2/c1-4-12(15)14-13(2,3)10-16-11-8-6-5-7-9-11/h4-9H,1,10H2,2-3H3,(H,14,15). The van der Waals surface area contributed by atoms with Crippen LogP contribution in [0.5, 0.6) is 5.75 Å². The van der Waals surface area contributed by atoms with Gasteiger partial charge >= 0.3 is 0 Å². The summed E-state index contributed by atoms with van der Waals surface area (Å²) in [5.74, 6) is 0.602. The Morgan fingerprint density at radius 3 is 2.62 bits per heavy atom. The van der Waals surface area contributed by atoms with E-state index in [0.29, 0.717) is 6.61 Å². The largest absolute Gasteiger partial charge is 0.491 e. The van der Waals surface area contributed by atoms with Gasteiger partial charge in [-0.2, -0.15) is 0 Å². The third-order valence-electron chi connectivity index (χ3n) is 1.99. The predicted octanol–water partition coefficient (Wildman–Crippen LogP) is 2.15. The number of carbonyl (C=O) groups is 1.